The van der Waals surface area contributed by atoms with Crippen molar-refractivity contribution in [3.63, 3.8) is 0 Å². The Labute approximate surface area is 201 Å². The third-order valence-electron chi connectivity index (χ3n) is 6.24. The fourth-order valence-electron chi connectivity index (χ4n) is 4.56. The van der Waals surface area contributed by atoms with E-state index in [1.54, 1.807) is 12.1 Å². The standard InChI is InChI=1S/C25H26N6O2S/c26-14-16-12-17-20(21-18(27)13-15-6-4-7-19(15)33-21)22(23(28)32)34-25(17)30-24(16)29-8-5-11-31-9-2-1-3-10-31/h4,6-7,12-13H,1-3,5,8-11,27H2,(H2,28,32)(H,29,30). The number of hydrogen-bond acceptors (Lipinski definition) is 8. The maximum atomic E-state index is 12.3. The summed E-state index contributed by atoms with van der Waals surface area (Å²) in [5.74, 6) is 0.921. The highest BCUT2D eigenvalue weighted by Gasteiger charge is 2.25. The van der Waals surface area contributed by atoms with Crippen LogP contribution in [0.5, 0.6) is 0 Å². The van der Waals surface area contributed by atoms with Crippen molar-refractivity contribution in [2.24, 2.45) is 5.73 Å². The van der Waals surface area contributed by atoms with E-state index in [1.165, 1.54) is 30.6 Å². The summed E-state index contributed by atoms with van der Waals surface area (Å²) in [7, 11) is 0. The minimum Gasteiger partial charge on any atom is -0.454 e. The number of anilines is 2. The number of piperidine rings is 1. The van der Waals surface area contributed by atoms with Gasteiger partial charge in [-0.3, -0.25) is 4.79 Å². The van der Waals surface area contributed by atoms with E-state index in [0.717, 1.165) is 31.6 Å². The maximum Gasteiger partial charge on any atom is 0.259 e. The molecular weight excluding hydrogens is 448 g/mol. The van der Waals surface area contributed by atoms with Crippen LogP contribution in [0, 0.1) is 11.3 Å². The zero-order valence-corrected chi connectivity index (χ0v) is 19.6. The lowest BCUT2D eigenvalue weighted by Crippen LogP contribution is -2.31. The van der Waals surface area contributed by atoms with E-state index in [1.807, 2.05) is 18.2 Å². The van der Waals surface area contributed by atoms with Crippen LogP contribution in [0.2, 0.25) is 0 Å². The van der Waals surface area contributed by atoms with Gasteiger partial charge in [0.05, 0.1) is 16.8 Å². The van der Waals surface area contributed by atoms with Gasteiger partial charge in [-0.15, -0.1) is 11.3 Å². The molecule has 1 saturated heterocycles. The molecule has 8 nitrogen and oxygen atoms in total. The van der Waals surface area contributed by atoms with Crippen molar-refractivity contribution in [1.29, 1.82) is 5.26 Å². The second-order valence-corrected chi connectivity index (χ2v) is 9.58. The summed E-state index contributed by atoms with van der Waals surface area (Å²) in [5, 5.41) is 13.7. The highest BCUT2D eigenvalue weighted by molar-refractivity contribution is 7.21. The molecular formula is C25H26N6O2S. The van der Waals surface area contributed by atoms with Crippen LogP contribution in [0.25, 0.3) is 32.9 Å². The summed E-state index contributed by atoms with van der Waals surface area (Å²) in [6, 6.07) is 11.4. The van der Waals surface area contributed by atoms with Gasteiger partial charge in [-0.25, -0.2) is 4.98 Å². The highest BCUT2D eigenvalue weighted by atomic mass is 32.1. The van der Waals surface area contributed by atoms with Crippen LogP contribution < -0.4 is 16.8 Å². The molecule has 0 aromatic carbocycles. The van der Waals surface area contributed by atoms with Crippen LogP contribution in [-0.2, 0) is 0 Å². The van der Waals surface area contributed by atoms with Crippen molar-refractivity contribution < 1.29 is 9.21 Å². The molecule has 34 heavy (non-hydrogen) atoms. The molecule has 0 radical (unpaired) electrons. The molecule has 1 amide bonds. The van der Waals surface area contributed by atoms with Gasteiger partial charge in [0, 0.05) is 17.5 Å². The number of nitrogens with zero attached hydrogens (tertiary/aromatic N) is 3. The normalized spacial score (nSPS) is 14.4. The number of carbonyl (C=O) groups is 1. The van der Waals surface area contributed by atoms with Crippen molar-refractivity contribution in [2.45, 2.75) is 25.7 Å². The van der Waals surface area contributed by atoms with E-state index in [4.69, 9.17) is 15.9 Å². The number of hydrogen-bond donors (Lipinski definition) is 3. The fraction of sp³-hybridized carbons (Fsp3) is 0.320. The van der Waals surface area contributed by atoms with Crippen molar-refractivity contribution in [1.82, 2.24) is 9.88 Å². The van der Waals surface area contributed by atoms with E-state index in [2.05, 4.69) is 21.3 Å². The van der Waals surface area contributed by atoms with Crippen molar-refractivity contribution in [3.05, 3.63) is 40.8 Å². The Morgan fingerprint density at radius 3 is 2.85 bits per heavy atom. The third-order valence-corrected chi connectivity index (χ3v) is 7.35. The third kappa shape index (κ3) is 4.18. The number of amides is 1. The lowest BCUT2D eigenvalue weighted by Gasteiger charge is -2.26. The zero-order valence-electron chi connectivity index (χ0n) is 18.8. The van der Waals surface area contributed by atoms with Gasteiger partial charge in [-0.05, 0) is 57.1 Å². The van der Waals surface area contributed by atoms with Crippen LogP contribution in [0.3, 0.4) is 0 Å². The van der Waals surface area contributed by atoms with Crippen LogP contribution >= 0.6 is 11.3 Å². The Hall–Kier alpha value is -3.61. The number of nitrogens with one attached hydrogen (secondary N) is 1. The van der Waals surface area contributed by atoms with Crippen LogP contribution in [0.15, 0.2) is 34.7 Å². The number of nitrogen functional groups attached to an aromatic ring is 1. The smallest absolute Gasteiger partial charge is 0.259 e. The number of aromatic nitrogens is 1. The number of thiophene rings is 1. The monoisotopic (exact) mass is 474 g/mol. The maximum absolute atomic E-state index is 12.3. The predicted molar refractivity (Wildman–Crippen MR) is 135 cm³/mol. The predicted octanol–water partition coefficient (Wildman–Crippen LogP) is 4.50. The summed E-state index contributed by atoms with van der Waals surface area (Å²) in [5.41, 5.74) is 14.1. The fourth-order valence-corrected chi connectivity index (χ4v) is 5.57. The molecule has 0 saturated carbocycles. The van der Waals surface area contributed by atoms with Crippen molar-refractivity contribution in [3.8, 4) is 28.7 Å². The van der Waals surface area contributed by atoms with Gasteiger partial charge in [-0.2, -0.15) is 5.26 Å². The summed E-state index contributed by atoms with van der Waals surface area (Å²) in [6.45, 7) is 4.05. The number of fused-ring (bicyclic) bond motifs is 2. The van der Waals surface area contributed by atoms with Gasteiger partial charge in [-0.1, -0.05) is 18.6 Å². The Balaban J connectivity index is 1.48. The first-order chi connectivity index (χ1) is 16.5. The van der Waals surface area contributed by atoms with Gasteiger partial charge in [0.15, 0.2) is 5.76 Å². The number of nitrogens with two attached hydrogens (primary N) is 2. The minimum atomic E-state index is -0.593. The van der Waals surface area contributed by atoms with E-state index in [-0.39, 0.29) is 0 Å². The first-order valence-corrected chi connectivity index (χ1v) is 12.3. The number of pyridine rings is 1. The topological polar surface area (TPSA) is 134 Å². The van der Waals surface area contributed by atoms with Gasteiger partial charge >= 0.3 is 0 Å². The summed E-state index contributed by atoms with van der Waals surface area (Å²) >= 11 is 1.18. The molecule has 2 aliphatic heterocycles. The van der Waals surface area contributed by atoms with E-state index in [0.29, 0.717) is 55.8 Å². The molecule has 174 valence electrons. The average molecular weight is 475 g/mol. The molecule has 5 rings (SSSR count). The van der Waals surface area contributed by atoms with Gasteiger partial charge in [0.25, 0.3) is 5.91 Å². The quantitative estimate of drug-likeness (QED) is 0.336. The molecule has 4 heterocycles. The molecule has 5 N–H and O–H groups in total. The highest BCUT2D eigenvalue weighted by Crippen LogP contribution is 2.43. The molecule has 9 heteroatoms. The second kappa shape index (κ2) is 9.33. The lowest BCUT2D eigenvalue weighted by atomic mass is 10.0. The average Bonchev–Trinajstić information content (AvgIpc) is 3.45. The number of nitriles is 1. The second-order valence-electron chi connectivity index (χ2n) is 8.58. The molecule has 0 unspecified atom stereocenters. The Bertz CT molecular complexity index is 1360. The van der Waals surface area contributed by atoms with E-state index >= 15 is 0 Å². The zero-order chi connectivity index (χ0) is 23.7. The molecule has 3 aliphatic rings. The number of primary amides is 1. The largest absolute Gasteiger partial charge is 0.454 e. The van der Waals surface area contributed by atoms with Gasteiger partial charge in [0.1, 0.15) is 27.4 Å². The summed E-state index contributed by atoms with van der Waals surface area (Å²) < 4.78 is 6.06. The lowest BCUT2D eigenvalue weighted by molar-refractivity contribution is 0.100. The molecule has 0 atom stereocenters. The van der Waals surface area contributed by atoms with Crippen molar-refractivity contribution in [2.75, 3.05) is 37.2 Å². The Kier molecular flexibility index (Phi) is 6.09. The van der Waals surface area contributed by atoms with Gasteiger partial charge in [0.2, 0.25) is 0 Å². The van der Waals surface area contributed by atoms with Crippen molar-refractivity contribution >= 4 is 39.0 Å². The molecule has 1 fully saturated rings. The van der Waals surface area contributed by atoms with Crippen LogP contribution in [-0.4, -0.2) is 42.0 Å². The first-order valence-electron chi connectivity index (χ1n) is 11.5. The molecule has 0 bridgehead atoms. The molecule has 1 aliphatic carbocycles. The number of likely N-dealkylation sites (tertiary alicyclic amines) is 1. The van der Waals surface area contributed by atoms with E-state index < -0.39 is 5.91 Å². The Morgan fingerprint density at radius 1 is 1.26 bits per heavy atom. The van der Waals surface area contributed by atoms with Crippen LogP contribution in [0.1, 0.15) is 40.9 Å². The number of carbonyl (C=O) groups excluding carboxylic acids is 1. The van der Waals surface area contributed by atoms with Gasteiger partial charge < -0.3 is 26.1 Å². The number of rotatable bonds is 7. The Morgan fingerprint density at radius 2 is 2.09 bits per heavy atom. The summed E-state index contributed by atoms with van der Waals surface area (Å²) in [4.78, 5) is 20.4. The van der Waals surface area contributed by atoms with Crippen LogP contribution in [0.4, 0.5) is 11.5 Å². The first kappa shape index (κ1) is 22.2. The SMILES string of the molecule is N#Cc1cc2c(-c3oc4cccc-4cc3N)c(C(N)=O)sc2nc1NCCCN1CCCCC1. The molecule has 2 aromatic heterocycles. The molecule has 2 aromatic rings. The minimum absolute atomic E-state index is 0.301. The molecule has 0 spiro atoms. The van der Waals surface area contributed by atoms with E-state index in [9.17, 15) is 10.1 Å². The summed E-state index contributed by atoms with van der Waals surface area (Å²) in [6.07, 6.45) is 4.81.